The Kier molecular flexibility index (Phi) is 5.76. The summed E-state index contributed by atoms with van der Waals surface area (Å²) in [5, 5.41) is -2.75. The molecule has 0 spiro atoms. The van der Waals surface area contributed by atoms with Gasteiger partial charge in [0.05, 0.1) is 4.90 Å². The molecule has 5 nitrogen and oxygen atoms in total. The molecule has 0 amide bonds. The minimum Gasteiger partial charge on any atom is -0.292 e. The summed E-state index contributed by atoms with van der Waals surface area (Å²) in [6.07, 6.45) is 0. The van der Waals surface area contributed by atoms with Crippen LogP contribution in [0.3, 0.4) is 0 Å². The summed E-state index contributed by atoms with van der Waals surface area (Å²) < 4.78 is 51.6. The standard InChI is InChI=1S/C21H18O5S2/c22-20(17-10-4-1-5-11-17)21(18-12-6-2-7-13-18)28(25,26)16-27(23,24)19-14-8-3-9-15-19/h1-15,21H,16H2. The van der Waals surface area contributed by atoms with Crippen molar-refractivity contribution >= 4 is 25.5 Å². The molecule has 7 heteroatoms. The van der Waals surface area contributed by atoms with Crippen LogP contribution >= 0.6 is 0 Å². The molecule has 0 saturated carbocycles. The SMILES string of the molecule is O=C(c1ccccc1)C(c1ccccc1)S(=O)(=O)CS(=O)(=O)c1ccccc1. The lowest BCUT2D eigenvalue weighted by molar-refractivity contribution is 0.0987. The first-order valence-corrected chi connectivity index (χ1v) is 11.8. The maximum atomic E-state index is 13.1. The van der Waals surface area contributed by atoms with Crippen LogP contribution in [-0.4, -0.2) is 27.7 Å². The maximum Gasteiger partial charge on any atom is 0.192 e. The summed E-state index contributed by atoms with van der Waals surface area (Å²) in [7, 11) is -8.49. The molecule has 0 fully saturated rings. The summed E-state index contributed by atoms with van der Waals surface area (Å²) in [5.74, 6) is -0.657. The third kappa shape index (κ3) is 4.37. The lowest BCUT2D eigenvalue weighted by Gasteiger charge is -2.17. The Balaban J connectivity index is 2.06. The zero-order valence-electron chi connectivity index (χ0n) is 14.8. The van der Waals surface area contributed by atoms with Crippen LogP contribution in [0.25, 0.3) is 0 Å². The molecular weight excluding hydrogens is 396 g/mol. The highest BCUT2D eigenvalue weighted by molar-refractivity contribution is 8.08. The van der Waals surface area contributed by atoms with E-state index in [1.54, 1.807) is 42.5 Å². The molecule has 28 heavy (non-hydrogen) atoms. The Morgan fingerprint density at radius 2 is 1.14 bits per heavy atom. The van der Waals surface area contributed by atoms with Gasteiger partial charge in [-0.15, -0.1) is 0 Å². The van der Waals surface area contributed by atoms with Gasteiger partial charge < -0.3 is 0 Å². The van der Waals surface area contributed by atoms with Crippen LogP contribution in [0, 0.1) is 0 Å². The topological polar surface area (TPSA) is 85.3 Å². The van der Waals surface area contributed by atoms with E-state index in [0.717, 1.165) is 0 Å². The van der Waals surface area contributed by atoms with Crippen molar-refractivity contribution < 1.29 is 21.6 Å². The monoisotopic (exact) mass is 414 g/mol. The third-order valence-electron chi connectivity index (χ3n) is 4.18. The van der Waals surface area contributed by atoms with Gasteiger partial charge >= 0.3 is 0 Å². The molecule has 144 valence electrons. The predicted molar refractivity (Wildman–Crippen MR) is 107 cm³/mol. The largest absolute Gasteiger partial charge is 0.292 e. The molecule has 1 unspecified atom stereocenters. The number of hydrogen-bond donors (Lipinski definition) is 0. The second-order valence-corrected chi connectivity index (χ2v) is 10.7. The zero-order valence-corrected chi connectivity index (χ0v) is 16.4. The van der Waals surface area contributed by atoms with Gasteiger partial charge in [-0.1, -0.05) is 78.9 Å². The fraction of sp³-hybridized carbons (Fsp3) is 0.0952. The van der Waals surface area contributed by atoms with Gasteiger partial charge in [-0.05, 0) is 17.7 Å². The van der Waals surface area contributed by atoms with E-state index in [2.05, 4.69) is 0 Å². The highest BCUT2D eigenvalue weighted by Gasteiger charge is 2.38. The molecule has 3 aromatic carbocycles. The zero-order chi connectivity index (χ0) is 20.2. The van der Waals surface area contributed by atoms with Crippen molar-refractivity contribution in [2.24, 2.45) is 0 Å². The normalized spacial score (nSPS) is 13.0. The van der Waals surface area contributed by atoms with Gasteiger partial charge in [0.25, 0.3) is 0 Å². The van der Waals surface area contributed by atoms with Gasteiger partial charge in [0, 0.05) is 5.56 Å². The van der Waals surface area contributed by atoms with Gasteiger partial charge in [0.1, 0.15) is 0 Å². The first kappa shape index (κ1) is 20.0. The lowest BCUT2D eigenvalue weighted by atomic mass is 10.0. The number of carbonyl (C=O) groups is 1. The van der Waals surface area contributed by atoms with Gasteiger partial charge in [-0.2, -0.15) is 0 Å². The average molecular weight is 415 g/mol. The van der Waals surface area contributed by atoms with Crippen molar-refractivity contribution in [2.45, 2.75) is 10.1 Å². The van der Waals surface area contributed by atoms with E-state index in [-0.39, 0.29) is 16.0 Å². The first-order chi connectivity index (χ1) is 13.3. The number of hydrogen-bond acceptors (Lipinski definition) is 5. The maximum absolute atomic E-state index is 13.1. The number of Topliss-reactive ketones (excluding diaryl/α,β-unsaturated/α-hetero) is 1. The van der Waals surface area contributed by atoms with Crippen LogP contribution in [-0.2, 0) is 19.7 Å². The molecule has 0 radical (unpaired) electrons. The molecule has 0 aliphatic carbocycles. The smallest absolute Gasteiger partial charge is 0.192 e. The third-order valence-corrected chi connectivity index (χ3v) is 8.93. The summed E-state index contributed by atoms with van der Waals surface area (Å²) in [4.78, 5) is 12.9. The number of carbonyl (C=O) groups excluding carboxylic acids is 1. The molecule has 3 rings (SSSR count). The van der Waals surface area contributed by atoms with E-state index in [4.69, 9.17) is 0 Å². The second-order valence-electron chi connectivity index (χ2n) is 6.23. The quantitative estimate of drug-likeness (QED) is 0.553. The summed E-state index contributed by atoms with van der Waals surface area (Å²) in [6, 6.07) is 23.3. The van der Waals surface area contributed by atoms with Gasteiger partial charge in [-0.3, -0.25) is 4.79 Å². The fourth-order valence-electron chi connectivity index (χ4n) is 2.88. The van der Waals surface area contributed by atoms with Crippen LogP contribution < -0.4 is 0 Å². The van der Waals surface area contributed by atoms with Crippen LogP contribution in [0.5, 0.6) is 0 Å². The Morgan fingerprint density at radius 1 is 0.679 bits per heavy atom. The van der Waals surface area contributed by atoms with Crippen LogP contribution in [0.15, 0.2) is 95.9 Å². The number of ketones is 1. The van der Waals surface area contributed by atoms with Gasteiger partial charge in [-0.25, -0.2) is 16.8 Å². The van der Waals surface area contributed by atoms with Crippen LogP contribution in [0.4, 0.5) is 0 Å². The highest BCUT2D eigenvalue weighted by Crippen LogP contribution is 2.29. The van der Waals surface area contributed by atoms with Crippen molar-refractivity contribution in [2.75, 3.05) is 5.08 Å². The van der Waals surface area contributed by atoms with Crippen molar-refractivity contribution in [3.8, 4) is 0 Å². The minimum absolute atomic E-state index is 0.0995. The van der Waals surface area contributed by atoms with E-state index in [9.17, 15) is 21.6 Å². The van der Waals surface area contributed by atoms with Crippen molar-refractivity contribution in [1.82, 2.24) is 0 Å². The number of rotatable bonds is 7. The molecule has 0 aliphatic rings. The Morgan fingerprint density at radius 3 is 1.68 bits per heavy atom. The predicted octanol–water partition coefficient (Wildman–Crippen LogP) is 3.46. The average Bonchev–Trinajstić information content (AvgIpc) is 2.69. The van der Waals surface area contributed by atoms with E-state index in [1.807, 2.05) is 0 Å². The van der Waals surface area contributed by atoms with E-state index < -0.39 is 35.8 Å². The molecular formula is C21H18O5S2. The van der Waals surface area contributed by atoms with Crippen molar-refractivity contribution in [3.63, 3.8) is 0 Å². The Hall–Kier alpha value is -2.77. The summed E-state index contributed by atoms with van der Waals surface area (Å²) in [5.41, 5.74) is 0.441. The van der Waals surface area contributed by atoms with E-state index >= 15 is 0 Å². The first-order valence-electron chi connectivity index (χ1n) is 8.45. The molecule has 0 aromatic heterocycles. The molecule has 0 bridgehead atoms. The summed E-state index contributed by atoms with van der Waals surface area (Å²) in [6.45, 7) is 0. The molecule has 0 heterocycles. The van der Waals surface area contributed by atoms with E-state index in [0.29, 0.717) is 0 Å². The highest BCUT2D eigenvalue weighted by atomic mass is 32.3. The fourth-order valence-corrected chi connectivity index (χ4v) is 7.31. The number of sulfone groups is 2. The van der Waals surface area contributed by atoms with Gasteiger partial charge in [0.15, 0.2) is 35.8 Å². The minimum atomic E-state index is -4.37. The summed E-state index contributed by atoms with van der Waals surface area (Å²) >= 11 is 0. The number of benzene rings is 3. The van der Waals surface area contributed by atoms with Crippen LogP contribution in [0.1, 0.15) is 21.2 Å². The van der Waals surface area contributed by atoms with Gasteiger partial charge in [0.2, 0.25) is 0 Å². The van der Waals surface area contributed by atoms with Crippen LogP contribution in [0.2, 0.25) is 0 Å². The Labute approximate surface area is 164 Å². The molecule has 0 saturated heterocycles. The second kappa shape index (κ2) is 8.08. The Bertz CT molecular complexity index is 1160. The molecule has 3 aromatic rings. The van der Waals surface area contributed by atoms with E-state index in [1.165, 1.54) is 48.5 Å². The lowest BCUT2D eigenvalue weighted by Crippen LogP contribution is -2.28. The van der Waals surface area contributed by atoms with Crippen molar-refractivity contribution in [1.29, 1.82) is 0 Å². The molecule has 0 aliphatic heterocycles. The molecule has 1 atom stereocenters. The molecule has 0 N–H and O–H groups in total. The van der Waals surface area contributed by atoms with Crippen molar-refractivity contribution in [3.05, 3.63) is 102 Å².